The second-order valence-corrected chi connectivity index (χ2v) is 8.13. The van der Waals surface area contributed by atoms with E-state index in [0.717, 1.165) is 19.5 Å². The fourth-order valence-corrected chi connectivity index (χ4v) is 5.53. The van der Waals surface area contributed by atoms with Crippen LogP contribution in [0.25, 0.3) is 0 Å². The first-order chi connectivity index (χ1) is 11.9. The topological polar surface area (TPSA) is 6.48 Å². The summed E-state index contributed by atoms with van der Waals surface area (Å²) in [6.07, 6.45) is 1.12. The van der Waals surface area contributed by atoms with Crippen molar-refractivity contribution in [1.82, 2.24) is 0 Å². The van der Waals surface area contributed by atoms with Crippen molar-refractivity contribution >= 4 is 11.4 Å². The van der Waals surface area contributed by atoms with E-state index in [1.54, 1.807) is 0 Å². The van der Waals surface area contributed by atoms with Crippen LogP contribution in [0.1, 0.15) is 49.9 Å². The number of hydrogen-bond donors (Lipinski definition) is 0. The van der Waals surface area contributed by atoms with Gasteiger partial charge in [-0.15, -0.1) is 0 Å². The molecule has 0 bridgehead atoms. The quantitative estimate of drug-likeness (QED) is 0.777. The van der Waals surface area contributed by atoms with Crippen molar-refractivity contribution < 1.29 is 0 Å². The first-order valence-electron chi connectivity index (χ1n) is 9.60. The highest BCUT2D eigenvalue weighted by Crippen LogP contribution is 2.63. The van der Waals surface area contributed by atoms with Crippen molar-refractivity contribution in [3.05, 3.63) is 58.7 Å². The van der Waals surface area contributed by atoms with Crippen molar-refractivity contribution in [2.75, 3.05) is 29.9 Å². The molecule has 25 heavy (non-hydrogen) atoms. The maximum Gasteiger partial charge on any atom is 0.0722 e. The van der Waals surface area contributed by atoms with Gasteiger partial charge in [0.15, 0.2) is 0 Å². The van der Waals surface area contributed by atoms with Crippen LogP contribution in [0.3, 0.4) is 0 Å². The maximum atomic E-state index is 2.55. The molecule has 0 fully saturated rings. The van der Waals surface area contributed by atoms with E-state index in [0.29, 0.717) is 0 Å². The summed E-state index contributed by atoms with van der Waals surface area (Å²) in [6.45, 7) is 13.8. The summed E-state index contributed by atoms with van der Waals surface area (Å²) < 4.78 is 0. The highest BCUT2D eigenvalue weighted by molar-refractivity contribution is 5.77. The number of fused-ring (bicyclic) bond motifs is 5. The van der Waals surface area contributed by atoms with Crippen LogP contribution < -0.4 is 9.80 Å². The average Bonchev–Trinajstić information content (AvgIpc) is 2.93. The number of anilines is 2. The van der Waals surface area contributed by atoms with E-state index in [1.165, 1.54) is 33.6 Å². The molecule has 1 aliphatic carbocycles. The lowest BCUT2D eigenvalue weighted by atomic mass is 9.70. The van der Waals surface area contributed by atoms with Gasteiger partial charge in [0.2, 0.25) is 0 Å². The summed E-state index contributed by atoms with van der Waals surface area (Å²) in [4.78, 5) is 5.02. The lowest BCUT2D eigenvalue weighted by Gasteiger charge is -2.41. The molecule has 1 aliphatic heterocycles. The highest BCUT2D eigenvalue weighted by Gasteiger charge is 2.60. The van der Waals surface area contributed by atoms with Crippen LogP contribution in [0, 0.1) is 6.92 Å². The Bertz CT molecular complexity index is 836. The van der Waals surface area contributed by atoms with Crippen molar-refractivity contribution in [3.8, 4) is 0 Å². The molecule has 132 valence electrons. The Morgan fingerprint density at radius 3 is 2.40 bits per heavy atom. The van der Waals surface area contributed by atoms with Crippen LogP contribution in [-0.4, -0.2) is 20.1 Å². The van der Waals surface area contributed by atoms with Crippen LogP contribution in [-0.2, 0) is 17.4 Å². The second-order valence-electron chi connectivity index (χ2n) is 8.13. The lowest BCUT2D eigenvalue weighted by Crippen LogP contribution is -2.47. The first-order valence-corrected chi connectivity index (χ1v) is 9.60. The molecule has 0 saturated heterocycles. The molecule has 0 amide bonds. The zero-order chi connectivity index (χ0) is 18.0. The van der Waals surface area contributed by atoms with Gasteiger partial charge < -0.3 is 9.80 Å². The van der Waals surface area contributed by atoms with E-state index in [2.05, 4.69) is 87.9 Å². The van der Waals surface area contributed by atoms with Crippen LogP contribution in [0.15, 0.2) is 36.4 Å². The van der Waals surface area contributed by atoms with Gasteiger partial charge in [0, 0.05) is 36.9 Å². The number of hydrogen-bond acceptors (Lipinski definition) is 2. The normalized spacial score (nSPS) is 26.4. The maximum absolute atomic E-state index is 2.55. The van der Waals surface area contributed by atoms with Gasteiger partial charge in [-0.2, -0.15) is 0 Å². The van der Waals surface area contributed by atoms with Gasteiger partial charge in [0.05, 0.1) is 5.54 Å². The van der Waals surface area contributed by atoms with Crippen molar-refractivity contribution in [1.29, 1.82) is 0 Å². The molecule has 0 saturated carbocycles. The molecule has 0 aromatic heterocycles. The van der Waals surface area contributed by atoms with E-state index in [4.69, 9.17) is 0 Å². The molecule has 2 unspecified atom stereocenters. The third kappa shape index (κ3) is 1.86. The van der Waals surface area contributed by atoms with Gasteiger partial charge in [-0.3, -0.25) is 0 Å². The fourth-order valence-electron chi connectivity index (χ4n) is 5.53. The van der Waals surface area contributed by atoms with Gasteiger partial charge in [0.1, 0.15) is 0 Å². The van der Waals surface area contributed by atoms with E-state index in [9.17, 15) is 0 Å². The minimum Gasteiger partial charge on any atom is -0.372 e. The van der Waals surface area contributed by atoms with Gasteiger partial charge in [-0.25, -0.2) is 0 Å². The molecule has 2 atom stereocenters. The molecule has 2 aliphatic rings. The third-order valence-corrected chi connectivity index (χ3v) is 7.17. The monoisotopic (exact) mass is 334 g/mol. The molecular weight excluding hydrogens is 304 g/mol. The summed E-state index contributed by atoms with van der Waals surface area (Å²) in [5.74, 6) is 0. The number of aryl methyl sites for hydroxylation is 1. The molecule has 0 spiro atoms. The molecule has 2 aromatic rings. The van der Waals surface area contributed by atoms with E-state index < -0.39 is 0 Å². The van der Waals surface area contributed by atoms with Gasteiger partial charge in [-0.1, -0.05) is 31.2 Å². The van der Waals surface area contributed by atoms with Crippen molar-refractivity contribution in [2.24, 2.45) is 0 Å². The molecule has 4 rings (SSSR count). The van der Waals surface area contributed by atoms with Crippen molar-refractivity contribution in [3.63, 3.8) is 0 Å². The third-order valence-electron chi connectivity index (χ3n) is 7.17. The summed E-state index contributed by atoms with van der Waals surface area (Å²) in [7, 11) is 2.29. The Kier molecular flexibility index (Phi) is 3.48. The largest absolute Gasteiger partial charge is 0.372 e. The predicted octanol–water partition coefficient (Wildman–Crippen LogP) is 5.02. The number of rotatable bonds is 3. The Morgan fingerprint density at radius 1 is 1.04 bits per heavy atom. The van der Waals surface area contributed by atoms with Crippen LogP contribution in [0.2, 0.25) is 0 Å². The predicted molar refractivity (Wildman–Crippen MR) is 108 cm³/mol. The molecule has 2 aromatic carbocycles. The average molecular weight is 335 g/mol. The molecular formula is C23H30N2. The Balaban J connectivity index is 1.96. The van der Waals surface area contributed by atoms with Gasteiger partial charge in [-0.05, 0) is 68.5 Å². The standard InChI is InChI=1S/C23H30N2/c1-7-25(8-2)18-13-16(3)21-20(14-18)22(4)15-17-11-9-10-12-19(17)23(22,5)24(21)6/h9-14H,7-8,15H2,1-6H3. The minimum atomic E-state index is 0.0264. The second kappa shape index (κ2) is 5.27. The number of nitrogens with zero attached hydrogens (tertiary/aromatic N) is 2. The zero-order valence-electron chi connectivity index (χ0n) is 16.5. The summed E-state index contributed by atoms with van der Waals surface area (Å²) in [6, 6.07) is 13.9. The Labute approximate surface area is 152 Å². The number of likely N-dealkylation sites (N-methyl/N-ethyl adjacent to an activating group) is 1. The molecule has 0 N–H and O–H groups in total. The molecule has 1 heterocycles. The first kappa shape index (κ1) is 16.5. The van der Waals surface area contributed by atoms with Crippen LogP contribution >= 0.6 is 0 Å². The SMILES string of the molecule is CCN(CC)c1cc(C)c2c(c1)C1(C)Cc3ccccc3C1(C)N2C. The Hall–Kier alpha value is -1.96. The highest BCUT2D eigenvalue weighted by atomic mass is 15.2. The molecule has 2 nitrogen and oxygen atoms in total. The smallest absolute Gasteiger partial charge is 0.0722 e. The summed E-state index contributed by atoms with van der Waals surface area (Å²) in [5, 5.41) is 0. The molecule has 2 heteroatoms. The van der Waals surface area contributed by atoms with Crippen molar-refractivity contribution in [2.45, 2.75) is 52.0 Å². The number of benzene rings is 2. The van der Waals surface area contributed by atoms with E-state index >= 15 is 0 Å². The zero-order valence-corrected chi connectivity index (χ0v) is 16.5. The lowest BCUT2D eigenvalue weighted by molar-refractivity contribution is 0.305. The molecule has 0 radical (unpaired) electrons. The minimum absolute atomic E-state index is 0.0264. The summed E-state index contributed by atoms with van der Waals surface area (Å²) >= 11 is 0. The van der Waals surface area contributed by atoms with E-state index in [1.807, 2.05) is 0 Å². The summed E-state index contributed by atoms with van der Waals surface area (Å²) in [5.41, 5.74) is 8.89. The van der Waals surface area contributed by atoms with Gasteiger partial charge in [0.25, 0.3) is 0 Å². The van der Waals surface area contributed by atoms with E-state index in [-0.39, 0.29) is 11.0 Å². The fraction of sp³-hybridized carbons (Fsp3) is 0.478. The Morgan fingerprint density at radius 2 is 1.72 bits per heavy atom. The van der Waals surface area contributed by atoms with Crippen LogP contribution in [0.5, 0.6) is 0 Å². The van der Waals surface area contributed by atoms with Gasteiger partial charge >= 0.3 is 0 Å². The van der Waals surface area contributed by atoms with Crippen LogP contribution in [0.4, 0.5) is 11.4 Å².